The smallest absolute Gasteiger partial charge is 0.269 e. The van der Waals surface area contributed by atoms with Crippen molar-refractivity contribution in [2.75, 3.05) is 12.8 Å². The van der Waals surface area contributed by atoms with Gasteiger partial charge in [0, 0.05) is 30.8 Å². The maximum atomic E-state index is 11.2. The van der Waals surface area contributed by atoms with E-state index in [1.165, 1.54) is 12.1 Å². The summed E-state index contributed by atoms with van der Waals surface area (Å²) in [4.78, 5) is 10.1. The Labute approximate surface area is 118 Å². The summed E-state index contributed by atoms with van der Waals surface area (Å²) >= 11 is 0. The van der Waals surface area contributed by atoms with Gasteiger partial charge in [-0.1, -0.05) is 12.1 Å². The van der Waals surface area contributed by atoms with E-state index in [0.29, 0.717) is 13.1 Å². The molecule has 20 heavy (non-hydrogen) atoms. The van der Waals surface area contributed by atoms with E-state index in [-0.39, 0.29) is 5.69 Å². The second kappa shape index (κ2) is 6.29. The normalized spacial score (nSPS) is 12.3. The minimum Gasteiger partial charge on any atom is -0.311 e. The highest BCUT2D eigenvalue weighted by molar-refractivity contribution is 7.88. The third-order valence-electron chi connectivity index (χ3n) is 2.50. The number of nitro benzene ring substituents is 1. The fraction of sp³-hybridized carbons (Fsp3) is 0.500. The zero-order valence-electron chi connectivity index (χ0n) is 11.7. The van der Waals surface area contributed by atoms with Crippen LogP contribution in [-0.2, 0) is 16.6 Å². The first-order chi connectivity index (χ1) is 9.09. The summed E-state index contributed by atoms with van der Waals surface area (Å²) in [6.07, 6.45) is 1.12. The van der Waals surface area contributed by atoms with Crippen LogP contribution < -0.4 is 10.0 Å². The van der Waals surface area contributed by atoms with Crippen molar-refractivity contribution in [2.24, 2.45) is 0 Å². The van der Waals surface area contributed by atoms with E-state index in [2.05, 4.69) is 10.0 Å². The van der Waals surface area contributed by atoms with E-state index in [1.807, 2.05) is 0 Å². The average molecular weight is 301 g/mol. The van der Waals surface area contributed by atoms with Gasteiger partial charge in [-0.2, -0.15) is 0 Å². The average Bonchev–Trinajstić information content (AvgIpc) is 2.26. The molecule has 0 aromatic heterocycles. The van der Waals surface area contributed by atoms with Crippen LogP contribution in [0.1, 0.15) is 19.4 Å². The first kappa shape index (κ1) is 16.5. The van der Waals surface area contributed by atoms with Crippen molar-refractivity contribution in [2.45, 2.75) is 25.9 Å². The zero-order chi connectivity index (χ0) is 15.4. The largest absolute Gasteiger partial charge is 0.311 e. The Morgan fingerprint density at radius 3 is 2.25 bits per heavy atom. The highest BCUT2D eigenvalue weighted by atomic mass is 32.2. The number of nitrogens with one attached hydrogen (secondary N) is 2. The van der Waals surface area contributed by atoms with E-state index >= 15 is 0 Å². The van der Waals surface area contributed by atoms with Gasteiger partial charge in [0.1, 0.15) is 0 Å². The van der Waals surface area contributed by atoms with Gasteiger partial charge < -0.3 is 5.32 Å². The molecule has 0 atom stereocenters. The molecular weight excluding hydrogens is 282 g/mol. The number of hydrogen-bond donors (Lipinski definition) is 2. The fourth-order valence-corrected chi connectivity index (χ4v) is 2.87. The SMILES string of the molecule is CC(C)(CNCc1ccc([N+](=O)[O-])cc1)NS(C)(=O)=O. The molecule has 1 rings (SSSR count). The molecular formula is C12H19N3O4S. The summed E-state index contributed by atoms with van der Waals surface area (Å²) < 4.78 is 24.9. The number of non-ortho nitro benzene ring substituents is 1. The second-order valence-electron chi connectivity index (χ2n) is 5.29. The molecule has 0 amide bonds. The lowest BCUT2D eigenvalue weighted by atomic mass is 10.1. The molecule has 0 bridgehead atoms. The van der Waals surface area contributed by atoms with Crippen LogP contribution >= 0.6 is 0 Å². The van der Waals surface area contributed by atoms with Crippen molar-refractivity contribution >= 4 is 15.7 Å². The summed E-state index contributed by atoms with van der Waals surface area (Å²) in [5.41, 5.74) is 0.340. The predicted molar refractivity (Wildman–Crippen MR) is 76.9 cm³/mol. The van der Waals surface area contributed by atoms with Crippen molar-refractivity contribution in [1.29, 1.82) is 0 Å². The summed E-state index contributed by atoms with van der Waals surface area (Å²) in [6.45, 7) is 4.50. The van der Waals surface area contributed by atoms with Crippen LogP contribution in [-0.4, -0.2) is 31.7 Å². The van der Waals surface area contributed by atoms with Crippen LogP contribution in [0.25, 0.3) is 0 Å². The maximum absolute atomic E-state index is 11.2. The molecule has 0 saturated carbocycles. The van der Waals surface area contributed by atoms with Crippen LogP contribution in [0.5, 0.6) is 0 Å². The van der Waals surface area contributed by atoms with Crippen LogP contribution in [0, 0.1) is 10.1 Å². The van der Waals surface area contributed by atoms with Crippen molar-refractivity contribution in [3.63, 3.8) is 0 Å². The maximum Gasteiger partial charge on any atom is 0.269 e. The Kier molecular flexibility index (Phi) is 5.21. The Bertz CT molecular complexity index is 567. The van der Waals surface area contributed by atoms with E-state index in [0.717, 1.165) is 11.8 Å². The first-order valence-electron chi connectivity index (χ1n) is 6.02. The molecule has 7 nitrogen and oxygen atoms in total. The van der Waals surface area contributed by atoms with Gasteiger partial charge in [0.05, 0.1) is 11.2 Å². The zero-order valence-corrected chi connectivity index (χ0v) is 12.5. The molecule has 0 aliphatic heterocycles. The third kappa shape index (κ3) is 6.09. The lowest BCUT2D eigenvalue weighted by Crippen LogP contribution is -2.49. The Balaban J connectivity index is 2.50. The van der Waals surface area contributed by atoms with Gasteiger partial charge in [-0.15, -0.1) is 0 Å². The number of nitro groups is 1. The standard InChI is InChI=1S/C12H19N3O4S/c1-12(2,14-20(3,18)19)9-13-8-10-4-6-11(7-5-10)15(16)17/h4-7,13-14H,8-9H2,1-3H3. The van der Waals surface area contributed by atoms with Crippen molar-refractivity contribution < 1.29 is 13.3 Å². The second-order valence-corrected chi connectivity index (χ2v) is 7.03. The molecule has 0 radical (unpaired) electrons. The Hall–Kier alpha value is -1.51. The number of hydrogen-bond acceptors (Lipinski definition) is 5. The molecule has 0 heterocycles. The van der Waals surface area contributed by atoms with Crippen molar-refractivity contribution in [1.82, 2.24) is 10.0 Å². The Morgan fingerprint density at radius 2 is 1.80 bits per heavy atom. The van der Waals surface area contributed by atoms with E-state index in [9.17, 15) is 18.5 Å². The van der Waals surface area contributed by atoms with Gasteiger partial charge >= 0.3 is 0 Å². The predicted octanol–water partition coefficient (Wildman–Crippen LogP) is 1.01. The summed E-state index contributed by atoms with van der Waals surface area (Å²) in [5, 5.41) is 13.6. The molecule has 2 N–H and O–H groups in total. The van der Waals surface area contributed by atoms with Crippen LogP contribution in [0.2, 0.25) is 0 Å². The van der Waals surface area contributed by atoms with E-state index < -0.39 is 20.5 Å². The minimum absolute atomic E-state index is 0.0489. The molecule has 1 aromatic carbocycles. The monoisotopic (exact) mass is 301 g/mol. The van der Waals surface area contributed by atoms with Crippen molar-refractivity contribution in [3.05, 3.63) is 39.9 Å². The molecule has 0 unspecified atom stereocenters. The number of sulfonamides is 1. The van der Waals surface area contributed by atoms with Gasteiger partial charge in [-0.25, -0.2) is 13.1 Å². The summed E-state index contributed by atoms with van der Waals surface area (Å²) in [6, 6.07) is 6.22. The van der Waals surface area contributed by atoms with E-state index in [1.54, 1.807) is 26.0 Å². The quantitative estimate of drug-likeness (QED) is 0.578. The third-order valence-corrected chi connectivity index (χ3v) is 3.43. The van der Waals surface area contributed by atoms with Crippen LogP contribution in [0.3, 0.4) is 0 Å². The highest BCUT2D eigenvalue weighted by Crippen LogP contribution is 2.12. The van der Waals surface area contributed by atoms with Gasteiger partial charge in [-0.3, -0.25) is 10.1 Å². The van der Waals surface area contributed by atoms with Crippen LogP contribution in [0.4, 0.5) is 5.69 Å². The minimum atomic E-state index is -3.26. The lowest BCUT2D eigenvalue weighted by molar-refractivity contribution is -0.384. The molecule has 0 spiro atoms. The van der Waals surface area contributed by atoms with E-state index in [4.69, 9.17) is 0 Å². The number of nitrogens with zero attached hydrogens (tertiary/aromatic N) is 1. The van der Waals surface area contributed by atoms with Gasteiger partial charge in [-0.05, 0) is 19.4 Å². The molecule has 8 heteroatoms. The highest BCUT2D eigenvalue weighted by Gasteiger charge is 2.21. The molecule has 0 saturated heterocycles. The van der Waals surface area contributed by atoms with Gasteiger partial charge in [0.25, 0.3) is 5.69 Å². The summed E-state index contributed by atoms with van der Waals surface area (Å²) in [7, 11) is -3.26. The van der Waals surface area contributed by atoms with Crippen LogP contribution in [0.15, 0.2) is 24.3 Å². The molecule has 0 fully saturated rings. The fourth-order valence-electron chi connectivity index (χ4n) is 1.79. The van der Waals surface area contributed by atoms with Crippen molar-refractivity contribution in [3.8, 4) is 0 Å². The molecule has 0 aliphatic rings. The number of rotatable bonds is 7. The molecule has 0 aliphatic carbocycles. The Morgan fingerprint density at radius 1 is 1.25 bits per heavy atom. The van der Waals surface area contributed by atoms with Gasteiger partial charge in [0.2, 0.25) is 10.0 Å². The van der Waals surface area contributed by atoms with Gasteiger partial charge in [0.15, 0.2) is 0 Å². The first-order valence-corrected chi connectivity index (χ1v) is 7.91. The topological polar surface area (TPSA) is 101 Å². The summed E-state index contributed by atoms with van der Waals surface area (Å²) in [5.74, 6) is 0. The number of benzene rings is 1. The lowest BCUT2D eigenvalue weighted by Gasteiger charge is -2.25. The molecule has 1 aromatic rings. The molecule has 112 valence electrons.